The van der Waals surface area contributed by atoms with Gasteiger partial charge in [-0.2, -0.15) is 0 Å². The Hall–Kier alpha value is -2.11. The molecule has 120 valence electrons. The van der Waals surface area contributed by atoms with Crippen molar-refractivity contribution in [1.82, 2.24) is 4.98 Å². The third kappa shape index (κ3) is 3.63. The fourth-order valence-corrected chi connectivity index (χ4v) is 3.40. The first kappa shape index (κ1) is 17.2. The van der Waals surface area contributed by atoms with Gasteiger partial charge in [0.25, 0.3) is 0 Å². The molecule has 0 spiro atoms. The van der Waals surface area contributed by atoms with Crippen LogP contribution >= 0.6 is 23.7 Å². The molecule has 0 aliphatic carbocycles. The van der Waals surface area contributed by atoms with E-state index in [1.165, 1.54) is 16.9 Å². The van der Waals surface area contributed by atoms with Gasteiger partial charge in [-0.15, -0.1) is 23.7 Å². The van der Waals surface area contributed by atoms with Gasteiger partial charge in [-0.3, -0.25) is 4.98 Å². The van der Waals surface area contributed by atoms with E-state index in [0.29, 0.717) is 11.5 Å². The van der Waals surface area contributed by atoms with Crippen LogP contribution < -0.4 is 5.32 Å². The summed E-state index contributed by atoms with van der Waals surface area (Å²) >= 11 is 1.45. The third-order valence-electron chi connectivity index (χ3n) is 3.26. The van der Waals surface area contributed by atoms with Gasteiger partial charge < -0.3 is 10.1 Å². The summed E-state index contributed by atoms with van der Waals surface area (Å²) in [5, 5.41) is 4.35. The molecule has 0 aliphatic rings. The largest absolute Gasteiger partial charge is 0.462 e. The van der Waals surface area contributed by atoms with E-state index in [4.69, 9.17) is 4.74 Å². The summed E-state index contributed by atoms with van der Waals surface area (Å²) < 4.78 is 6.25. The van der Waals surface area contributed by atoms with Crippen LogP contribution in [-0.4, -0.2) is 17.6 Å². The number of rotatable bonds is 4. The van der Waals surface area contributed by atoms with Crippen molar-refractivity contribution in [2.45, 2.75) is 13.8 Å². The highest BCUT2D eigenvalue weighted by Crippen LogP contribution is 2.38. The molecule has 4 nitrogen and oxygen atoms in total. The number of halogens is 1. The number of pyridine rings is 1. The summed E-state index contributed by atoms with van der Waals surface area (Å²) in [6.45, 7) is 4.21. The summed E-state index contributed by atoms with van der Waals surface area (Å²) in [7, 11) is 0. The molecule has 0 fully saturated rings. The number of aryl methyl sites for hydroxylation is 1. The van der Waals surface area contributed by atoms with E-state index in [1.54, 1.807) is 12.4 Å². The molecule has 2 aromatic heterocycles. The van der Waals surface area contributed by atoms with E-state index in [9.17, 15) is 4.79 Å². The zero-order valence-corrected chi connectivity index (χ0v) is 14.5. The topological polar surface area (TPSA) is 51.2 Å². The maximum absolute atomic E-state index is 12.2. The number of nitrogens with zero attached hydrogens (tertiary/aromatic N) is 1. The molecule has 0 radical (unpaired) electrons. The Kier molecular flexibility index (Phi) is 5.58. The van der Waals surface area contributed by atoms with Crippen LogP contribution in [-0.2, 0) is 4.74 Å². The minimum absolute atomic E-state index is 0. The number of carbonyl (C=O) groups excluding carboxylic acids is 1. The van der Waals surface area contributed by atoms with Crippen LogP contribution in [0.5, 0.6) is 0 Å². The van der Waals surface area contributed by atoms with E-state index >= 15 is 0 Å². The van der Waals surface area contributed by atoms with Crippen LogP contribution in [0, 0.1) is 6.92 Å². The average Bonchev–Trinajstić information content (AvgIpc) is 2.86. The summed E-state index contributed by atoms with van der Waals surface area (Å²) in [6.07, 6.45) is 3.43. The number of aromatic nitrogens is 1. The number of fused-ring (bicyclic) bond motifs is 1. The monoisotopic (exact) mass is 348 g/mol. The van der Waals surface area contributed by atoms with Crippen molar-refractivity contribution < 1.29 is 9.53 Å². The van der Waals surface area contributed by atoms with E-state index in [0.717, 1.165) is 21.5 Å². The Morgan fingerprint density at radius 2 is 2.00 bits per heavy atom. The molecule has 0 bridgehead atoms. The molecule has 1 aromatic carbocycles. The van der Waals surface area contributed by atoms with Gasteiger partial charge in [0.2, 0.25) is 0 Å². The summed E-state index contributed by atoms with van der Waals surface area (Å²) in [5.41, 5.74) is 2.85. The van der Waals surface area contributed by atoms with E-state index in [1.807, 2.05) is 38.1 Å². The quantitative estimate of drug-likeness (QED) is 0.678. The molecule has 3 rings (SSSR count). The van der Waals surface area contributed by atoms with Gasteiger partial charge in [0.1, 0.15) is 4.88 Å². The smallest absolute Gasteiger partial charge is 0.350 e. The Morgan fingerprint density at radius 3 is 2.70 bits per heavy atom. The highest BCUT2D eigenvalue weighted by Gasteiger charge is 2.19. The molecule has 23 heavy (non-hydrogen) atoms. The predicted molar refractivity (Wildman–Crippen MR) is 97.3 cm³/mol. The predicted octanol–water partition coefficient (Wildman–Crippen LogP) is 4.95. The summed E-state index contributed by atoms with van der Waals surface area (Å²) in [6, 6.07) is 9.90. The molecule has 1 N–H and O–H groups in total. The summed E-state index contributed by atoms with van der Waals surface area (Å²) in [4.78, 5) is 16.8. The Morgan fingerprint density at radius 1 is 1.26 bits per heavy atom. The fourth-order valence-electron chi connectivity index (χ4n) is 2.25. The first-order valence-corrected chi connectivity index (χ1v) is 7.88. The second kappa shape index (κ2) is 7.44. The first-order chi connectivity index (χ1) is 10.7. The Bertz CT molecular complexity index is 818. The minimum atomic E-state index is -0.294. The summed E-state index contributed by atoms with van der Waals surface area (Å²) in [5.74, 6) is -0.294. The SMILES string of the molecule is CCOC(=O)c1sc2cc(C)ccc2c1Nc1ccncc1.Cl. The highest BCUT2D eigenvalue weighted by atomic mass is 35.5. The van der Waals surface area contributed by atoms with Gasteiger partial charge >= 0.3 is 5.97 Å². The molecule has 0 atom stereocenters. The molecular weight excluding hydrogens is 332 g/mol. The standard InChI is InChI=1S/C17H16N2O2S.ClH/c1-3-21-17(20)16-15(19-12-6-8-18-9-7-12)13-5-4-11(2)10-14(13)22-16;/h4-10H,3H2,1-2H3,(H,18,19);1H. The van der Waals surface area contributed by atoms with Gasteiger partial charge in [0.05, 0.1) is 12.3 Å². The van der Waals surface area contributed by atoms with E-state index < -0.39 is 0 Å². The Balaban J connectivity index is 0.00000192. The number of esters is 1. The number of carbonyl (C=O) groups is 1. The van der Waals surface area contributed by atoms with Crippen molar-refractivity contribution in [2.24, 2.45) is 0 Å². The van der Waals surface area contributed by atoms with Gasteiger partial charge in [-0.1, -0.05) is 12.1 Å². The van der Waals surface area contributed by atoms with Gasteiger partial charge in [0.15, 0.2) is 0 Å². The van der Waals surface area contributed by atoms with Gasteiger partial charge in [0, 0.05) is 28.2 Å². The van der Waals surface area contributed by atoms with Crippen LogP contribution in [0.4, 0.5) is 11.4 Å². The van der Waals surface area contributed by atoms with Crippen molar-refractivity contribution >= 4 is 51.2 Å². The fraction of sp³-hybridized carbons (Fsp3) is 0.176. The first-order valence-electron chi connectivity index (χ1n) is 7.06. The Labute approximate surface area is 144 Å². The number of anilines is 2. The van der Waals surface area contributed by atoms with Crippen molar-refractivity contribution in [2.75, 3.05) is 11.9 Å². The molecule has 0 saturated heterocycles. The molecule has 0 aliphatic heterocycles. The van der Waals surface area contributed by atoms with Crippen LogP contribution in [0.25, 0.3) is 10.1 Å². The second-order valence-electron chi connectivity index (χ2n) is 4.89. The van der Waals surface area contributed by atoms with Gasteiger partial charge in [-0.25, -0.2) is 4.79 Å². The lowest BCUT2D eigenvalue weighted by atomic mass is 10.1. The molecule has 6 heteroatoms. The average molecular weight is 349 g/mol. The second-order valence-corrected chi connectivity index (χ2v) is 5.94. The lowest BCUT2D eigenvalue weighted by Crippen LogP contribution is -2.05. The molecule has 0 saturated carbocycles. The zero-order chi connectivity index (χ0) is 15.5. The number of benzene rings is 1. The number of thiophene rings is 1. The zero-order valence-electron chi connectivity index (χ0n) is 12.8. The maximum atomic E-state index is 12.2. The normalized spacial score (nSPS) is 10.2. The van der Waals surface area contributed by atoms with Crippen molar-refractivity contribution in [3.05, 3.63) is 53.2 Å². The third-order valence-corrected chi connectivity index (χ3v) is 4.39. The maximum Gasteiger partial charge on any atom is 0.350 e. The number of nitrogens with one attached hydrogen (secondary N) is 1. The van der Waals surface area contributed by atoms with Crippen LogP contribution in [0.2, 0.25) is 0 Å². The number of hydrogen-bond acceptors (Lipinski definition) is 5. The molecule has 0 amide bonds. The van der Waals surface area contributed by atoms with Crippen molar-refractivity contribution in [3.8, 4) is 0 Å². The van der Waals surface area contributed by atoms with Crippen LogP contribution in [0.3, 0.4) is 0 Å². The minimum Gasteiger partial charge on any atom is -0.462 e. The molecule has 3 aromatic rings. The van der Waals surface area contributed by atoms with Crippen LogP contribution in [0.15, 0.2) is 42.7 Å². The number of hydrogen-bond donors (Lipinski definition) is 1. The highest BCUT2D eigenvalue weighted by molar-refractivity contribution is 7.21. The lowest BCUT2D eigenvalue weighted by molar-refractivity contribution is 0.0533. The van der Waals surface area contributed by atoms with E-state index in [2.05, 4.69) is 16.4 Å². The molecule has 0 unspecified atom stereocenters. The van der Waals surface area contributed by atoms with Crippen LogP contribution in [0.1, 0.15) is 22.2 Å². The lowest BCUT2D eigenvalue weighted by Gasteiger charge is -2.08. The van der Waals surface area contributed by atoms with Crippen molar-refractivity contribution in [3.63, 3.8) is 0 Å². The van der Waals surface area contributed by atoms with Crippen molar-refractivity contribution in [1.29, 1.82) is 0 Å². The van der Waals surface area contributed by atoms with E-state index in [-0.39, 0.29) is 18.4 Å². The molecule has 2 heterocycles. The number of ether oxygens (including phenoxy) is 1. The van der Waals surface area contributed by atoms with Gasteiger partial charge in [-0.05, 0) is 37.6 Å². The molecular formula is C17H17ClN2O2S.